The summed E-state index contributed by atoms with van der Waals surface area (Å²) >= 11 is 0. The van der Waals surface area contributed by atoms with Crippen LogP contribution >= 0.6 is 0 Å². The van der Waals surface area contributed by atoms with Gasteiger partial charge in [0.05, 0.1) is 23.5 Å². The van der Waals surface area contributed by atoms with E-state index in [4.69, 9.17) is 4.74 Å². The molecule has 3 aliphatic rings. The summed E-state index contributed by atoms with van der Waals surface area (Å²) in [5.41, 5.74) is 5.76. The first-order valence-corrected chi connectivity index (χ1v) is 10.8. The Hall–Kier alpha value is -3.05. The molecule has 0 saturated carbocycles. The lowest BCUT2D eigenvalue weighted by atomic mass is 9.82. The third-order valence-electron chi connectivity index (χ3n) is 6.92. The molecule has 1 aromatic heterocycles. The summed E-state index contributed by atoms with van der Waals surface area (Å²) in [4.78, 5) is 15.3. The number of aromatic nitrogens is 1. The van der Waals surface area contributed by atoms with Crippen LogP contribution < -0.4 is 5.32 Å². The van der Waals surface area contributed by atoms with Crippen LogP contribution in [0.15, 0.2) is 66.9 Å². The number of fused-ring (bicyclic) bond motifs is 5. The van der Waals surface area contributed by atoms with Crippen LogP contribution in [0.3, 0.4) is 0 Å². The first-order valence-electron chi connectivity index (χ1n) is 10.8. The standard InChI is InChI=1S/C25H25N3O2/c29-24(23-19-7-2-1-6-18(19)11-17-30-23)27-15-12-25(13-16-27)22-10-5-14-28(22)21-9-4-3-8-20(21)26-25/h1-10,14,23,26H,11-13,15-17H2. The molecule has 0 radical (unpaired) electrons. The van der Waals surface area contributed by atoms with E-state index in [1.165, 1.54) is 16.9 Å². The van der Waals surface area contributed by atoms with Gasteiger partial charge in [-0.3, -0.25) is 4.79 Å². The van der Waals surface area contributed by atoms with Crippen molar-refractivity contribution in [2.45, 2.75) is 30.9 Å². The number of rotatable bonds is 1. The van der Waals surface area contributed by atoms with Gasteiger partial charge in [0, 0.05) is 25.0 Å². The van der Waals surface area contributed by atoms with Crippen molar-refractivity contribution in [3.63, 3.8) is 0 Å². The molecule has 1 atom stereocenters. The van der Waals surface area contributed by atoms with Crippen molar-refractivity contribution in [3.8, 4) is 5.69 Å². The van der Waals surface area contributed by atoms with Gasteiger partial charge in [-0.25, -0.2) is 0 Å². The molecule has 0 aliphatic carbocycles. The molecule has 2 aromatic carbocycles. The maximum absolute atomic E-state index is 13.4. The molecular formula is C25H25N3O2. The Morgan fingerprint density at radius 3 is 2.70 bits per heavy atom. The van der Waals surface area contributed by atoms with E-state index in [9.17, 15) is 4.79 Å². The molecule has 6 rings (SSSR count). The monoisotopic (exact) mass is 399 g/mol. The maximum atomic E-state index is 13.4. The number of likely N-dealkylation sites (tertiary alicyclic amines) is 1. The van der Waals surface area contributed by atoms with Crippen molar-refractivity contribution in [2.75, 3.05) is 25.0 Å². The molecule has 1 fully saturated rings. The number of benzene rings is 2. The second kappa shape index (κ2) is 6.74. The number of hydrogen-bond donors (Lipinski definition) is 1. The van der Waals surface area contributed by atoms with E-state index in [0.29, 0.717) is 6.61 Å². The molecule has 3 aromatic rings. The zero-order valence-electron chi connectivity index (χ0n) is 16.9. The van der Waals surface area contributed by atoms with Crippen LogP contribution in [0.5, 0.6) is 0 Å². The van der Waals surface area contributed by atoms with Crippen LogP contribution in [0.1, 0.15) is 35.8 Å². The highest BCUT2D eigenvalue weighted by atomic mass is 16.5. The minimum Gasteiger partial charge on any atom is -0.372 e. The minimum absolute atomic E-state index is 0.101. The highest BCUT2D eigenvalue weighted by molar-refractivity contribution is 5.83. The van der Waals surface area contributed by atoms with Gasteiger partial charge in [-0.2, -0.15) is 0 Å². The lowest BCUT2D eigenvalue weighted by Gasteiger charge is -2.46. The minimum atomic E-state index is -0.465. The lowest BCUT2D eigenvalue weighted by molar-refractivity contribution is -0.146. The summed E-state index contributed by atoms with van der Waals surface area (Å²) in [5.74, 6) is 0.101. The number of anilines is 1. The van der Waals surface area contributed by atoms with E-state index < -0.39 is 6.10 Å². The van der Waals surface area contributed by atoms with E-state index in [1.54, 1.807) is 0 Å². The van der Waals surface area contributed by atoms with Gasteiger partial charge in [-0.1, -0.05) is 36.4 Å². The summed E-state index contributed by atoms with van der Waals surface area (Å²) in [7, 11) is 0. The number of hydrogen-bond acceptors (Lipinski definition) is 3. The number of piperidine rings is 1. The van der Waals surface area contributed by atoms with E-state index in [-0.39, 0.29) is 11.4 Å². The van der Waals surface area contributed by atoms with Crippen LogP contribution in [0.25, 0.3) is 5.69 Å². The van der Waals surface area contributed by atoms with Gasteiger partial charge in [0.15, 0.2) is 6.10 Å². The molecule has 1 amide bonds. The zero-order valence-corrected chi connectivity index (χ0v) is 16.9. The number of ether oxygens (including phenoxy) is 1. The third kappa shape index (κ3) is 2.62. The molecule has 0 bridgehead atoms. The predicted molar refractivity (Wildman–Crippen MR) is 116 cm³/mol. The normalized spacial score (nSPS) is 21.3. The Kier molecular flexibility index (Phi) is 4.00. The molecule has 152 valence electrons. The lowest BCUT2D eigenvalue weighted by Crippen LogP contribution is -2.52. The molecular weight excluding hydrogens is 374 g/mol. The molecule has 1 unspecified atom stereocenters. The fourth-order valence-corrected chi connectivity index (χ4v) is 5.35. The van der Waals surface area contributed by atoms with Gasteiger partial charge in [0.25, 0.3) is 5.91 Å². The molecule has 1 N–H and O–H groups in total. The summed E-state index contributed by atoms with van der Waals surface area (Å²) in [6.07, 6.45) is 4.31. The fourth-order valence-electron chi connectivity index (χ4n) is 5.35. The van der Waals surface area contributed by atoms with Gasteiger partial charge in [0.2, 0.25) is 0 Å². The largest absolute Gasteiger partial charge is 0.372 e. The number of carbonyl (C=O) groups excluding carboxylic acids is 1. The van der Waals surface area contributed by atoms with Crippen molar-refractivity contribution >= 4 is 11.6 Å². The Balaban J connectivity index is 1.25. The highest BCUT2D eigenvalue weighted by Crippen LogP contribution is 2.43. The molecule has 5 nitrogen and oxygen atoms in total. The Morgan fingerprint density at radius 2 is 1.80 bits per heavy atom. The van der Waals surface area contributed by atoms with Gasteiger partial charge in [0.1, 0.15) is 0 Å². The summed E-state index contributed by atoms with van der Waals surface area (Å²) in [5, 5.41) is 3.82. The van der Waals surface area contributed by atoms with E-state index in [2.05, 4.69) is 58.5 Å². The molecule has 5 heteroatoms. The van der Waals surface area contributed by atoms with Crippen LogP contribution in [0.2, 0.25) is 0 Å². The highest BCUT2D eigenvalue weighted by Gasteiger charge is 2.43. The average Bonchev–Trinajstić information content (AvgIpc) is 3.30. The number of para-hydroxylation sites is 2. The first-order chi connectivity index (χ1) is 14.8. The van der Waals surface area contributed by atoms with Gasteiger partial charge in [-0.15, -0.1) is 0 Å². The summed E-state index contributed by atoms with van der Waals surface area (Å²) < 4.78 is 8.23. The molecule has 30 heavy (non-hydrogen) atoms. The maximum Gasteiger partial charge on any atom is 0.256 e. The van der Waals surface area contributed by atoms with E-state index in [0.717, 1.165) is 43.6 Å². The number of nitrogens with zero attached hydrogens (tertiary/aromatic N) is 2. The predicted octanol–water partition coefficient (Wildman–Crippen LogP) is 4.03. The number of amides is 1. The molecule has 4 heterocycles. The summed E-state index contributed by atoms with van der Waals surface area (Å²) in [6, 6.07) is 21.0. The smallest absolute Gasteiger partial charge is 0.256 e. The Bertz CT molecular complexity index is 1110. The second-order valence-electron chi connectivity index (χ2n) is 8.51. The molecule has 3 aliphatic heterocycles. The molecule has 1 saturated heterocycles. The average molecular weight is 399 g/mol. The Labute approximate surface area is 176 Å². The SMILES string of the molecule is O=C(C1OCCc2ccccc21)N1CCC2(CC1)Nc1ccccc1-n1cccc12. The van der Waals surface area contributed by atoms with Crippen LogP contribution in [0.4, 0.5) is 5.69 Å². The summed E-state index contributed by atoms with van der Waals surface area (Å²) in [6.45, 7) is 2.06. The van der Waals surface area contributed by atoms with Crippen LogP contribution in [0, 0.1) is 0 Å². The second-order valence-corrected chi connectivity index (χ2v) is 8.51. The van der Waals surface area contributed by atoms with Crippen molar-refractivity contribution in [3.05, 3.63) is 83.7 Å². The fraction of sp³-hybridized carbons (Fsp3) is 0.320. The third-order valence-corrected chi connectivity index (χ3v) is 6.92. The van der Waals surface area contributed by atoms with E-state index >= 15 is 0 Å². The quantitative estimate of drug-likeness (QED) is 0.672. The zero-order chi connectivity index (χ0) is 20.1. The first kappa shape index (κ1) is 17.8. The van der Waals surface area contributed by atoms with Crippen molar-refractivity contribution < 1.29 is 9.53 Å². The number of nitrogens with one attached hydrogen (secondary N) is 1. The van der Waals surface area contributed by atoms with Gasteiger partial charge < -0.3 is 19.5 Å². The number of carbonyl (C=O) groups is 1. The van der Waals surface area contributed by atoms with Crippen LogP contribution in [-0.2, 0) is 21.5 Å². The Morgan fingerprint density at radius 1 is 1.00 bits per heavy atom. The van der Waals surface area contributed by atoms with Crippen LogP contribution in [-0.4, -0.2) is 35.1 Å². The molecule has 1 spiro atoms. The van der Waals surface area contributed by atoms with Crippen molar-refractivity contribution in [1.82, 2.24) is 9.47 Å². The topological polar surface area (TPSA) is 46.5 Å². The van der Waals surface area contributed by atoms with Gasteiger partial charge in [-0.05, 0) is 54.7 Å². The van der Waals surface area contributed by atoms with Gasteiger partial charge >= 0.3 is 0 Å². The van der Waals surface area contributed by atoms with Crippen molar-refractivity contribution in [2.24, 2.45) is 0 Å². The van der Waals surface area contributed by atoms with E-state index in [1.807, 2.05) is 23.1 Å². The van der Waals surface area contributed by atoms with Crippen molar-refractivity contribution in [1.29, 1.82) is 0 Å².